The highest BCUT2D eigenvalue weighted by Crippen LogP contribution is 2.08. The van der Waals surface area contributed by atoms with Gasteiger partial charge in [0.2, 0.25) is 5.91 Å². The molecule has 100 valence electrons. The van der Waals surface area contributed by atoms with Gasteiger partial charge in [-0.2, -0.15) is 0 Å². The molecule has 0 aromatic rings. The van der Waals surface area contributed by atoms with Crippen LogP contribution in [0.4, 0.5) is 8.78 Å². The molecule has 0 spiro atoms. The minimum Gasteiger partial charge on any atom is -0.375 e. The van der Waals surface area contributed by atoms with Crippen LogP contribution in [-0.4, -0.2) is 56.1 Å². The summed E-state index contributed by atoms with van der Waals surface area (Å²) in [5, 5.41) is 3.11. The van der Waals surface area contributed by atoms with Crippen molar-refractivity contribution in [1.29, 1.82) is 0 Å². The van der Waals surface area contributed by atoms with Crippen LogP contribution in [0.5, 0.6) is 0 Å². The Balaban J connectivity index is 2.22. The maximum absolute atomic E-state index is 11.8. The summed E-state index contributed by atoms with van der Waals surface area (Å²) in [5.74, 6) is -0.00684. The molecule has 1 aliphatic rings. The molecule has 1 aliphatic heterocycles. The lowest BCUT2D eigenvalue weighted by atomic mass is 10.1. The molecule has 0 radical (unpaired) electrons. The maximum Gasteiger partial charge on any atom is 0.261 e. The van der Waals surface area contributed by atoms with Gasteiger partial charge in [0.15, 0.2) is 0 Å². The summed E-state index contributed by atoms with van der Waals surface area (Å²) >= 11 is 0. The van der Waals surface area contributed by atoms with E-state index in [1.165, 1.54) is 0 Å². The van der Waals surface area contributed by atoms with Gasteiger partial charge in [0.25, 0.3) is 6.43 Å². The zero-order chi connectivity index (χ0) is 12.7. The number of ether oxygens (including phenoxy) is 1. The van der Waals surface area contributed by atoms with Crippen LogP contribution >= 0.6 is 0 Å². The van der Waals surface area contributed by atoms with Crippen molar-refractivity contribution in [2.45, 2.75) is 32.2 Å². The lowest BCUT2D eigenvalue weighted by Gasteiger charge is -2.38. The van der Waals surface area contributed by atoms with Crippen LogP contribution in [0.15, 0.2) is 0 Å². The van der Waals surface area contributed by atoms with E-state index in [1.807, 2.05) is 11.8 Å². The number of carbonyl (C=O) groups is 1. The number of hydrogen-bond acceptors (Lipinski definition) is 3. The second-order valence-corrected chi connectivity index (χ2v) is 4.12. The molecule has 0 saturated carbocycles. The monoisotopic (exact) mass is 250 g/mol. The third-order valence-electron chi connectivity index (χ3n) is 2.69. The van der Waals surface area contributed by atoms with E-state index in [2.05, 4.69) is 5.32 Å². The molecule has 0 atom stereocenters. The Hall–Kier alpha value is -0.750. The Kier molecular flexibility index (Phi) is 6.36. The van der Waals surface area contributed by atoms with E-state index in [1.54, 1.807) is 0 Å². The summed E-state index contributed by atoms with van der Waals surface area (Å²) in [6.45, 7) is 3.86. The molecule has 17 heavy (non-hydrogen) atoms. The number of hydrogen-bond donors (Lipinski definition) is 1. The molecule has 1 saturated heterocycles. The number of carbonyl (C=O) groups excluding carboxylic acids is 1. The van der Waals surface area contributed by atoms with Crippen LogP contribution < -0.4 is 5.32 Å². The van der Waals surface area contributed by atoms with Gasteiger partial charge in [-0.3, -0.25) is 4.79 Å². The Morgan fingerprint density at radius 1 is 1.53 bits per heavy atom. The molecule has 1 amide bonds. The van der Waals surface area contributed by atoms with E-state index in [4.69, 9.17) is 4.74 Å². The molecule has 1 fully saturated rings. The summed E-state index contributed by atoms with van der Waals surface area (Å²) in [5.41, 5.74) is 0. The lowest BCUT2D eigenvalue weighted by Crippen LogP contribution is -2.59. The number of amides is 1. The minimum absolute atomic E-state index is 0.00684. The van der Waals surface area contributed by atoms with Crippen molar-refractivity contribution in [3.63, 3.8) is 0 Å². The molecule has 1 rings (SSSR count). The fourth-order valence-electron chi connectivity index (χ4n) is 1.72. The first-order valence-corrected chi connectivity index (χ1v) is 6.01. The second kappa shape index (κ2) is 7.55. The number of halogens is 2. The molecule has 0 aromatic heterocycles. The van der Waals surface area contributed by atoms with Crippen molar-refractivity contribution in [2.75, 3.05) is 32.8 Å². The summed E-state index contributed by atoms with van der Waals surface area (Å²) < 4.78 is 28.3. The van der Waals surface area contributed by atoms with Crippen molar-refractivity contribution in [1.82, 2.24) is 10.2 Å². The van der Waals surface area contributed by atoms with Crippen LogP contribution in [0.3, 0.4) is 0 Å². The highest BCUT2D eigenvalue weighted by Gasteiger charge is 2.27. The van der Waals surface area contributed by atoms with Gasteiger partial charge in [0.05, 0.1) is 19.1 Å². The molecular formula is C11H20F2N2O2. The minimum atomic E-state index is -2.47. The summed E-state index contributed by atoms with van der Waals surface area (Å²) in [6, 6.07) is 0.262. The fraction of sp³-hybridized carbons (Fsp3) is 0.909. The normalized spacial score (nSPS) is 16.0. The third kappa shape index (κ3) is 4.95. The Morgan fingerprint density at radius 3 is 2.71 bits per heavy atom. The van der Waals surface area contributed by atoms with Crippen molar-refractivity contribution in [2.24, 2.45) is 0 Å². The van der Waals surface area contributed by atoms with E-state index in [0.29, 0.717) is 0 Å². The molecule has 0 unspecified atom stereocenters. The highest BCUT2D eigenvalue weighted by atomic mass is 19.3. The quantitative estimate of drug-likeness (QED) is 0.650. The molecule has 0 aliphatic carbocycles. The van der Waals surface area contributed by atoms with Gasteiger partial charge in [-0.15, -0.1) is 0 Å². The zero-order valence-corrected chi connectivity index (χ0v) is 10.1. The number of rotatable bonds is 8. The topological polar surface area (TPSA) is 41.6 Å². The predicted octanol–water partition coefficient (Wildman–Crippen LogP) is 0.869. The maximum atomic E-state index is 11.8. The first-order valence-electron chi connectivity index (χ1n) is 6.01. The molecule has 1 heterocycles. The van der Waals surface area contributed by atoms with Crippen molar-refractivity contribution in [3.8, 4) is 0 Å². The molecule has 6 heteroatoms. The number of alkyl halides is 2. The number of nitrogens with zero attached hydrogens (tertiary/aromatic N) is 1. The summed E-state index contributed by atoms with van der Waals surface area (Å²) in [4.78, 5) is 13.7. The average molecular weight is 250 g/mol. The van der Waals surface area contributed by atoms with Gasteiger partial charge in [0.1, 0.15) is 6.61 Å². The van der Waals surface area contributed by atoms with Crippen LogP contribution in [0.25, 0.3) is 0 Å². The Bertz CT molecular complexity index is 236. The largest absolute Gasteiger partial charge is 0.375 e. The van der Waals surface area contributed by atoms with E-state index in [9.17, 15) is 13.6 Å². The van der Waals surface area contributed by atoms with E-state index in [0.717, 1.165) is 26.1 Å². The van der Waals surface area contributed by atoms with E-state index >= 15 is 0 Å². The molecule has 0 bridgehead atoms. The van der Waals surface area contributed by atoms with Crippen LogP contribution in [0.2, 0.25) is 0 Å². The summed E-state index contributed by atoms with van der Waals surface area (Å²) in [6.07, 6.45) is -1.38. The number of nitrogens with one attached hydrogen (secondary N) is 1. The standard InChI is InChI=1S/C11H20F2N2O2/c1-2-4-15(9-6-14-7-9)11(16)3-5-17-8-10(12)13/h9-10,14H,2-8H2,1H3. The van der Waals surface area contributed by atoms with Gasteiger partial charge in [-0.25, -0.2) is 8.78 Å². The average Bonchev–Trinajstić information content (AvgIpc) is 2.20. The Morgan fingerprint density at radius 2 is 2.24 bits per heavy atom. The summed E-state index contributed by atoms with van der Waals surface area (Å²) in [7, 11) is 0. The second-order valence-electron chi connectivity index (χ2n) is 4.12. The fourth-order valence-corrected chi connectivity index (χ4v) is 1.72. The van der Waals surface area contributed by atoms with Crippen LogP contribution in [0, 0.1) is 0 Å². The first-order chi connectivity index (χ1) is 8.15. The smallest absolute Gasteiger partial charge is 0.261 e. The zero-order valence-electron chi connectivity index (χ0n) is 10.1. The predicted molar refractivity (Wildman–Crippen MR) is 60.1 cm³/mol. The molecular weight excluding hydrogens is 230 g/mol. The van der Waals surface area contributed by atoms with Crippen molar-refractivity contribution >= 4 is 5.91 Å². The van der Waals surface area contributed by atoms with Gasteiger partial charge in [-0.1, -0.05) is 6.92 Å². The van der Waals surface area contributed by atoms with Crippen molar-refractivity contribution < 1.29 is 18.3 Å². The Labute approximate surface area is 100 Å². The van der Waals surface area contributed by atoms with Crippen LogP contribution in [0.1, 0.15) is 19.8 Å². The van der Waals surface area contributed by atoms with E-state index < -0.39 is 13.0 Å². The van der Waals surface area contributed by atoms with Gasteiger partial charge in [-0.05, 0) is 6.42 Å². The van der Waals surface area contributed by atoms with Crippen LogP contribution in [-0.2, 0) is 9.53 Å². The van der Waals surface area contributed by atoms with Crippen molar-refractivity contribution in [3.05, 3.63) is 0 Å². The highest BCUT2D eigenvalue weighted by molar-refractivity contribution is 5.76. The van der Waals surface area contributed by atoms with Gasteiger partial charge in [0, 0.05) is 19.6 Å². The van der Waals surface area contributed by atoms with E-state index in [-0.39, 0.29) is 25.0 Å². The third-order valence-corrected chi connectivity index (χ3v) is 2.69. The SMILES string of the molecule is CCCN(C(=O)CCOCC(F)F)C1CNC1. The molecule has 1 N–H and O–H groups in total. The van der Waals surface area contributed by atoms with Gasteiger partial charge >= 0.3 is 0 Å². The first kappa shape index (κ1) is 14.3. The molecule has 4 nitrogen and oxygen atoms in total. The molecule has 0 aromatic carbocycles. The van der Waals surface area contributed by atoms with Gasteiger partial charge < -0.3 is 15.0 Å². The lowest BCUT2D eigenvalue weighted by molar-refractivity contribution is -0.136.